The average Bonchev–Trinajstić information content (AvgIpc) is 3.00. The first kappa shape index (κ1) is 15.4. The number of nitrogens with one attached hydrogen (secondary N) is 2. The molecule has 1 heterocycles. The number of sulfonamides is 1. The molecule has 0 aliphatic heterocycles. The lowest BCUT2D eigenvalue weighted by Crippen LogP contribution is -2.23. The van der Waals surface area contributed by atoms with Crippen molar-refractivity contribution >= 4 is 10.0 Å². The van der Waals surface area contributed by atoms with Crippen LogP contribution in [0.1, 0.15) is 5.82 Å². The highest BCUT2D eigenvalue weighted by Gasteiger charge is 2.14. The van der Waals surface area contributed by atoms with Crippen molar-refractivity contribution in [1.82, 2.24) is 19.9 Å². The number of hydrogen-bond acceptors (Lipinski definition) is 6. The fourth-order valence-corrected chi connectivity index (χ4v) is 2.51. The molecular formula is C12H16N4O4S. The first-order valence-electron chi connectivity index (χ1n) is 6.17. The Balaban J connectivity index is 1.96. The highest BCUT2D eigenvalue weighted by Crippen LogP contribution is 2.16. The highest BCUT2D eigenvalue weighted by atomic mass is 32.2. The van der Waals surface area contributed by atoms with Crippen molar-refractivity contribution < 1.29 is 17.9 Å². The summed E-state index contributed by atoms with van der Waals surface area (Å²) in [5.74, 6) is 1.03. The molecule has 0 saturated heterocycles. The van der Waals surface area contributed by atoms with Crippen LogP contribution in [0.5, 0.6) is 5.75 Å². The zero-order valence-electron chi connectivity index (χ0n) is 11.4. The maximum atomic E-state index is 12.1. The van der Waals surface area contributed by atoms with Crippen LogP contribution in [-0.4, -0.2) is 43.9 Å². The van der Waals surface area contributed by atoms with E-state index in [2.05, 4.69) is 19.9 Å². The Hall–Kier alpha value is -1.97. The second-order valence-electron chi connectivity index (χ2n) is 4.07. The summed E-state index contributed by atoms with van der Waals surface area (Å²) in [4.78, 5) is 4.00. The van der Waals surface area contributed by atoms with Gasteiger partial charge in [0.25, 0.3) is 0 Å². The third kappa shape index (κ3) is 4.52. The van der Waals surface area contributed by atoms with Gasteiger partial charge in [0.1, 0.15) is 24.5 Å². The molecule has 2 N–H and O–H groups in total. The molecule has 1 aromatic carbocycles. The summed E-state index contributed by atoms with van der Waals surface area (Å²) in [5, 5.41) is 6.22. The first-order chi connectivity index (χ1) is 10.1. The molecular weight excluding hydrogens is 296 g/mol. The standard InChI is InChI=1S/C12H16N4O4S/c1-19-6-7-20-10-2-4-11(5-3-10)21(17,18)15-8-12-13-9-14-16-12/h2-5,9,15H,6-8H2,1H3,(H,13,14,16). The van der Waals surface area contributed by atoms with Gasteiger partial charge in [-0.25, -0.2) is 18.1 Å². The lowest BCUT2D eigenvalue weighted by molar-refractivity contribution is 0.146. The third-order valence-corrected chi connectivity index (χ3v) is 4.00. The molecule has 0 unspecified atom stereocenters. The van der Waals surface area contributed by atoms with E-state index in [0.717, 1.165) is 0 Å². The Labute approximate surface area is 122 Å². The molecule has 0 radical (unpaired) electrons. The summed E-state index contributed by atoms with van der Waals surface area (Å²) in [6.45, 7) is 0.930. The van der Waals surface area contributed by atoms with Gasteiger partial charge in [0.05, 0.1) is 18.0 Å². The summed E-state index contributed by atoms with van der Waals surface area (Å²) in [6, 6.07) is 6.15. The van der Waals surface area contributed by atoms with Crippen LogP contribution in [0.4, 0.5) is 0 Å². The summed E-state index contributed by atoms with van der Waals surface area (Å²) in [6.07, 6.45) is 1.32. The number of aromatic amines is 1. The zero-order chi connectivity index (χ0) is 15.1. The molecule has 0 saturated carbocycles. The predicted molar refractivity (Wildman–Crippen MR) is 74.2 cm³/mol. The molecule has 0 amide bonds. The number of hydrogen-bond donors (Lipinski definition) is 2. The van der Waals surface area contributed by atoms with E-state index in [1.54, 1.807) is 19.2 Å². The Bertz CT molecular complexity index is 640. The maximum absolute atomic E-state index is 12.1. The lowest BCUT2D eigenvalue weighted by atomic mass is 10.3. The third-order valence-electron chi connectivity index (χ3n) is 2.58. The van der Waals surface area contributed by atoms with E-state index in [-0.39, 0.29) is 11.4 Å². The van der Waals surface area contributed by atoms with Crippen molar-refractivity contribution in [3.63, 3.8) is 0 Å². The van der Waals surface area contributed by atoms with Gasteiger partial charge in [-0.15, -0.1) is 0 Å². The summed E-state index contributed by atoms with van der Waals surface area (Å²) in [7, 11) is -2.01. The molecule has 114 valence electrons. The Morgan fingerprint density at radius 3 is 2.62 bits per heavy atom. The number of methoxy groups -OCH3 is 1. The second kappa shape index (κ2) is 7.16. The Morgan fingerprint density at radius 1 is 1.24 bits per heavy atom. The van der Waals surface area contributed by atoms with Crippen molar-refractivity contribution in [2.75, 3.05) is 20.3 Å². The van der Waals surface area contributed by atoms with Crippen LogP contribution in [0.15, 0.2) is 35.5 Å². The van der Waals surface area contributed by atoms with Gasteiger partial charge in [0.2, 0.25) is 10.0 Å². The molecule has 9 heteroatoms. The lowest BCUT2D eigenvalue weighted by Gasteiger charge is -2.08. The number of aromatic nitrogens is 3. The van der Waals surface area contributed by atoms with Crippen molar-refractivity contribution in [3.05, 3.63) is 36.4 Å². The molecule has 0 atom stereocenters. The molecule has 8 nitrogen and oxygen atoms in total. The number of nitrogens with zero attached hydrogens (tertiary/aromatic N) is 2. The second-order valence-corrected chi connectivity index (χ2v) is 5.84. The van der Waals surface area contributed by atoms with Gasteiger partial charge in [0.15, 0.2) is 0 Å². The van der Waals surface area contributed by atoms with Gasteiger partial charge in [-0.1, -0.05) is 0 Å². The number of rotatable bonds is 8. The van der Waals surface area contributed by atoms with Gasteiger partial charge >= 0.3 is 0 Å². The molecule has 2 rings (SSSR count). The largest absolute Gasteiger partial charge is 0.491 e. The normalized spacial score (nSPS) is 11.5. The van der Waals surface area contributed by atoms with E-state index >= 15 is 0 Å². The minimum Gasteiger partial charge on any atom is -0.491 e. The highest BCUT2D eigenvalue weighted by molar-refractivity contribution is 7.89. The van der Waals surface area contributed by atoms with Crippen LogP contribution in [-0.2, 0) is 21.3 Å². The SMILES string of the molecule is COCCOc1ccc(S(=O)(=O)NCc2ncn[nH]2)cc1. The number of ether oxygens (including phenoxy) is 2. The molecule has 0 aliphatic carbocycles. The first-order valence-corrected chi connectivity index (χ1v) is 7.66. The van der Waals surface area contributed by atoms with Gasteiger partial charge < -0.3 is 9.47 Å². The van der Waals surface area contributed by atoms with Crippen LogP contribution < -0.4 is 9.46 Å². The minimum atomic E-state index is -3.60. The molecule has 0 bridgehead atoms. The van der Waals surface area contributed by atoms with Gasteiger partial charge in [-0.05, 0) is 24.3 Å². The van der Waals surface area contributed by atoms with Crippen molar-refractivity contribution in [3.8, 4) is 5.75 Å². The van der Waals surface area contributed by atoms with E-state index in [0.29, 0.717) is 24.8 Å². The van der Waals surface area contributed by atoms with Gasteiger partial charge in [-0.3, -0.25) is 5.10 Å². The van der Waals surface area contributed by atoms with Crippen LogP contribution >= 0.6 is 0 Å². The summed E-state index contributed by atoms with van der Waals surface area (Å²) in [5.41, 5.74) is 0. The Morgan fingerprint density at radius 2 is 2.00 bits per heavy atom. The predicted octanol–water partition coefficient (Wildman–Crippen LogP) is 0.308. The zero-order valence-corrected chi connectivity index (χ0v) is 12.3. The molecule has 1 aromatic heterocycles. The van der Waals surface area contributed by atoms with E-state index < -0.39 is 10.0 Å². The summed E-state index contributed by atoms with van der Waals surface area (Å²) >= 11 is 0. The number of H-pyrrole nitrogens is 1. The maximum Gasteiger partial charge on any atom is 0.240 e. The van der Waals surface area contributed by atoms with Crippen LogP contribution in [0.2, 0.25) is 0 Å². The topological polar surface area (TPSA) is 106 Å². The fourth-order valence-electron chi connectivity index (χ4n) is 1.52. The van der Waals surface area contributed by atoms with E-state index in [1.165, 1.54) is 18.5 Å². The smallest absolute Gasteiger partial charge is 0.240 e. The molecule has 0 fully saturated rings. The molecule has 0 aliphatic rings. The Kier molecular flexibility index (Phi) is 5.26. The summed E-state index contributed by atoms with van der Waals surface area (Å²) < 4.78 is 36.8. The monoisotopic (exact) mass is 312 g/mol. The van der Waals surface area contributed by atoms with Crippen LogP contribution in [0.25, 0.3) is 0 Å². The van der Waals surface area contributed by atoms with Crippen LogP contribution in [0.3, 0.4) is 0 Å². The fraction of sp³-hybridized carbons (Fsp3) is 0.333. The quantitative estimate of drug-likeness (QED) is 0.679. The van der Waals surface area contributed by atoms with Crippen molar-refractivity contribution in [2.24, 2.45) is 0 Å². The van der Waals surface area contributed by atoms with E-state index in [1.807, 2.05) is 0 Å². The van der Waals surface area contributed by atoms with Crippen molar-refractivity contribution in [1.29, 1.82) is 0 Å². The number of benzene rings is 1. The van der Waals surface area contributed by atoms with E-state index in [9.17, 15) is 8.42 Å². The van der Waals surface area contributed by atoms with Gasteiger partial charge in [-0.2, -0.15) is 5.10 Å². The molecule has 2 aromatic rings. The average molecular weight is 312 g/mol. The van der Waals surface area contributed by atoms with Crippen LogP contribution in [0, 0.1) is 0 Å². The van der Waals surface area contributed by atoms with Gasteiger partial charge in [0, 0.05) is 7.11 Å². The minimum absolute atomic E-state index is 0.0500. The van der Waals surface area contributed by atoms with Crippen molar-refractivity contribution in [2.45, 2.75) is 11.4 Å². The van der Waals surface area contributed by atoms with E-state index in [4.69, 9.17) is 9.47 Å². The molecule has 0 spiro atoms. The molecule has 21 heavy (non-hydrogen) atoms.